The van der Waals surface area contributed by atoms with Crippen molar-refractivity contribution in [1.29, 1.82) is 0 Å². The van der Waals surface area contributed by atoms with Gasteiger partial charge in [-0.05, 0) is 17.7 Å². The molecule has 1 rings (SSSR count). The van der Waals surface area contributed by atoms with Crippen LogP contribution in [0.3, 0.4) is 0 Å². The minimum atomic E-state index is -0.464. The summed E-state index contributed by atoms with van der Waals surface area (Å²) in [7, 11) is 4.60. The molecule has 0 spiro atoms. The highest BCUT2D eigenvalue weighted by atomic mass is 35.5. The van der Waals surface area contributed by atoms with Crippen LogP contribution >= 0.6 is 12.4 Å². The number of benzene rings is 1. The number of methoxy groups -OCH3 is 3. The fourth-order valence-corrected chi connectivity index (χ4v) is 1.42. The Morgan fingerprint density at radius 2 is 1.59 bits per heavy atom. The van der Waals surface area contributed by atoms with E-state index < -0.39 is 6.04 Å². The van der Waals surface area contributed by atoms with E-state index in [9.17, 15) is 0 Å². The lowest BCUT2D eigenvalue weighted by Gasteiger charge is -2.16. The topological polar surface area (TPSA) is 73.9 Å². The van der Waals surface area contributed by atoms with E-state index in [-0.39, 0.29) is 19.0 Å². The first-order chi connectivity index (χ1) is 7.67. The Bertz CT molecular complexity index is 334. The molecule has 0 heterocycles. The van der Waals surface area contributed by atoms with Crippen LogP contribution in [0.2, 0.25) is 0 Å². The van der Waals surface area contributed by atoms with Crippen molar-refractivity contribution in [2.24, 2.45) is 5.73 Å². The van der Waals surface area contributed by atoms with Gasteiger partial charge in [-0.2, -0.15) is 0 Å². The van der Waals surface area contributed by atoms with Crippen LogP contribution in [0.15, 0.2) is 12.1 Å². The predicted molar refractivity (Wildman–Crippen MR) is 67.4 cm³/mol. The Hall–Kier alpha value is -1.17. The zero-order valence-electron chi connectivity index (χ0n) is 10.1. The summed E-state index contributed by atoms with van der Waals surface area (Å²) < 4.78 is 15.5. The van der Waals surface area contributed by atoms with Gasteiger partial charge < -0.3 is 25.1 Å². The molecule has 17 heavy (non-hydrogen) atoms. The Kier molecular flexibility index (Phi) is 6.72. The normalized spacial score (nSPS) is 11.4. The molecule has 1 aromatic rings. The van der Waals surface area contributed by atoms with Gasteiger partial charge in [-0.3, -0.25) is 0 Å². The van der Waals surface area contributed by atoms with Crippen LogP contribution in [0, 0.1) is 0 Å². The van der Waals surface area contributed by atoms with Crippen LogP contribution < -0.4 is 19.9 Å². The third kappa shape index (κ3) is 3.39. The van der Waals surface area contributed by atoms with Crippen LogP contribution in [0.1, 0.15) is 11.6 Å². The molecule has 0 amide bonds. The standard InChI is InChI=1S/C11H17NO4.ClH/c1-14-9-4-7(8(12)6-13)5-10(15-2)11(9)16-3;/h4-5,8,13H,6,12H2,1-3H3;1H/t8-;/m1./s1. The van der Waals surface area contributed by atoms with Crippen LogP contribution in [-0.4, -0.2) is 33.0 Å². The highest BCUT2D eigenvalue weighted by molar-refractivity contribution is 5.85. The smallest absolute Gasteiger partial charge is 0.203 e. The summed E-state index contributed by atoms with van der Waals surface area (Å²) >= 11 is 0. The molecule has 0 aliphatic rings. The highest BCUT2D eigenvalue weighted by Gasteiger charge is 2.15. The average molecular weight is 264 g/mol. The van der Waals surface area contributed by atoms with Crippen molar-refractivity contribution in [2.75, 3.05) is 27.9 Å². The first-order valence-corrected chi connectivity index (χ1v) is 4.84. The summed E-state index contributed by atoms with van der Waals surface area (Å²) in [5, 5.41) is 9.00. The van der Waals surface area contributed by atoms with Crippen molar-refractivity contribution >= 4 is 12.4 Å². The van der Waals surface area contributed by atoms with E-state index in [0.717, 1.165) is 5.56 Å². The first kappa shape index (κ1) is 15.8. The molecule has 0 bridgehead atoms. The van der Waals surface area contributed by atoms with Crippen LogP contribution in [0.25, 0.3) is 0 Å². The van der Waals surface area contributed by atoms with E-state index in [1.807, 2.05) is 0 Å². The molecule has 6 heteroatoms. The molecule has 0 aliphatic carbocycles. The third-order valence-electron chi connectivity index (χ3n) is 2.31. The van der Waals surface area contributed by atoms with Crippen molar-refractivity contribution in [3.63, 3.8) is 0 Å². The lowest BCUT2D eigenvalue weighted by molar-refractivity contribution is 0.266. The molecule has 3 N–H and O–H groups in total. The van der Waals surface area contributed by atoms with Gasteiger partial charge in [0.1, 0.15) is 0 Å². The minimum absolute atomic E-state index is 0. The SMILES string of the molecule is COc1cc([C@H](N)CO)cc(OC)c1OC.Cl. The number of halogens is 1. The molecule has 0 fully saturated rings. The number of nitrogens with two attached hydrogens (primary N) is 1. The molecule has 1 atom stereocenters. The van der Waals surface area contributed by atoms with Gasteiger partial charge in [0.15, 0.2) is 11.5 Å². The Labute approximate surface area is 107 Å². The van der Waals surface area contributed by atoms with Gasteiger partial charge in [-0.15, -0.1) is 12.4 Å². The summed E-state index contributed by atoms with van der Waals surface area (Å²) in [6.45, 7) is -0.140. The number of hydrogen-bond donors (Lipinski definition) is 2. The molecular formula is C11H18ClNO4. The van der Waals surface area contributed by atoms with Crippen molar-refractivity contribution in [3.05, 3.63) is 17.7 Å². The van der Waals surface area contributed by atoms with E-state index in [4.69, 9.17) is 25.1 Å². The zero-order valence-corrected chi connectivity index (χ0v) is 10.9. The van der Waals surface area contributed by atoms with E-state index in [0.29, 0.717) is 17.2 Å². The average Bonchev–Trinajstić information content (AvgIpc) is 2.35. The van der Waals surface area contributed by atoms with E-state index >= 15 is 0 Å². The monoisotopic (exact) mass is 263 g/mol. The van der Waals surface area contributed by atoms with Gasteiger partial charge in [0.05, 0.1) is 34.0 Å². The number of hydrogen-bond acceptors (Lipinski definition) is 5. The van der Waals surface area contributed by atoms with E-state index in [2.05, 4.69) is 0 Å². The fourth-order valence-electron chi connectivity index (χ4n) is 1.42. The number of aliphatic hydroxyl groups excluding tert-OH is 1. The molecule has 0 saturated heterocycles. The molecule has 0 aromatic heterocycles. The molecule has 0 radical (unpaired) electrons. The third-order valence-corrected chi connectivity index (χ3v) is 2.31. The largest absolute Gasteiger partial charge is 0.493 e. The van der Waals surface area contributed by atoms with Crippen molar-refractivity contribution in [1.82, 2.24) is 0 Å². The van der Waals surface area contributed by atoms with E-state index in [1.54, 1.807) is 12.1 Å². The molecule has 0 saturated carbocycles. The molecule has 98 valence electrons. The van der Waals surface area contributed by atoms with Crippen molar-refractivity contribution in [2.45, 2.75) is 6.04 Å². The Morgan fingerprint density at radius 1 is 1.12 bits per heavy atom. The maximum atomic E-state index is 9.00. The number of aliphatic hydroxyl groups is 1. The summed E-state index contributed by atoms with van der Waals surface area (Å²) in [6.07, 6.45) is 0. The number of ether oxygens (including phenoxy) is 3. The zero-order chi connectivity index (χ0) is 12.1. The van der Waals surface area contributed by atoms with Crippen LogP contribution in [-0.2, 0) is 0 Å². The van der Waals surface area contributed by atoms with Gasteiger partial charge >= 0.3 is 0 Å². The van der Waals surface area contributed by atoms with Gasteiger partial charge in [-0.25, -0.2) is 0 Å². The van der Waals surface area contributed by atoms with Gasteiger partial charge in [-0.1, -0.05) is 0 Å². The second-order valence-electron chi connectivity index (χ2n) is 3.25. The van der Waals surface area contributed by atoms with Gasteiger partial charge in [0.25, 0.3) is 0 Å². The Balaban J connectivity index is 0.00000256. The van der Waals surface area contributed by atoms with Gasteiger partial charge in [0, 0.05) is 0 Å². The molecule has 5 nitrogen and oxygen atoms in total. The molecular weight excluding hydrogens is 246 g/mol. The fraction of sp³-hybridized carbons (Fsp3) is 0.455. The van der Waals surface area contributed by atoms with Gasteiger partial charge in [0.2, 0.25) is 5.75 Å². The lowest BCUT2D eigenvalue weighted by Crippen LogP contribution is -2.14. The summed E-state index contributed by atoms with van der Waals surface area (Å²) in [4.78, 5) is 0. The maximum Gasteiger partial charge on any atom is 0.203 e. The van der Waals surface area contributed by atoms with E-state index in [1.165, 1.54) is 21.3 Å². The van der Waals surface area contributed by atoms with Crippen LogP contribution in [0.4, 0.5) is 0 Å². The van der Waals surface area contributed by atoms with Crippen molar-refractivity contribution < 1.29 is 19.3 Å². The maximum absolute atomic E-state index is 9.00. The second-order valence-corrected chi connectivity index (χ2v) is 3.25. The summed E-state index contributed by atoms with van der Waals surface area (Å²) in [5.74, 6) is 1.57. The minimum Gasteiger partial charge on any atom is -0.493 e. The predicted octanol–water partition coefficient (Wildman–Crippen LogP) is 1.13. The number of rotatable bonds is 5. The summed E-state index contributed by atoms with van der Waals surface area (Å²) in [6, 6.07) is 2.98. The molecule has 1 aromatic carbocycles. The van der Waals surface area contributed by atoms with Crippen LogP contribution in [0.5, 0.6) is 17.2 Å². The lowest BCUT2D eigenvalue weighted by atomic mass is 10.1. The molecule has 0 unspecified atom stereocenters. The van der Waals surface area contributed by atoms with Crippen molar-refractivity contribution in [3.8, 4) is 17.2 Å². The highest BCUT2D eigenvalue weighted by Crippen LogP contribution is 2.39. The quantitative estimate of drug-likeness (QED) is 0.833. The Morgan fingerprint density at radius 3 is 1.88 bits per heavy atom. The summed E-state index contributed by atoms with van der Waals surface area (Å²) in [5.41, 5.74) is 6.46. The first-order valence-electron chi connectivity index (χ1n) is 4.84. The second kappa shape index (κ2) is 7.21. The molecule has 0 aliphatic heterocycles.